The largest absolute Gasteiger partial charge is 0.493 e. The minimum absolute atomic E-state index is 0.251. The molecule has 1 aromatic carbocycles. The molecule has 0 amide bonds. The number of fused-ring (bicyclic) bond motifs is 1. The first-order valence-electron chi connectivity index (χ1n) is 8.17. The predicted octanol–water partition coefficient (Wildman–Crippen LogP) is 3.55. The van der Waals surface area contributed by atoms with E-state index in [4.69, 9.17) is 9.47 Å². The van der Waals surface area contributed by atoms with Gasteiger partial charge in [-0.25, -0.2) is 9.97 Å². The van der Waals surface area contributed by atoms with E-state index in [1.165, 1.54) is 0 Å². The van der Waals surface area contributed by atoms with Crippen LogP contribution in [0.3, 0.4) is 0 Å². The summed E-state index contributed by atoms with van der Waals surface area (Å²) in [5.41, 5.74) is 0.844. The van der Waals surface area contributed by atoms with E-state index < -0.39 is 0 Å². The summed E-state index contributed by atoms with van der Waals surface area (Å²) in [5, 5.41) is 0.968. The van der Waals surface area contributed by atoms with Crippen LogP contribution in [-0.2, 0) is 4.57 Å². The molecular formula is C17H22N3O3P. The highest BCUT2D eigenvalue weighted by Crippen LogP contribution is 2.35. The zero-order valence-electron chi connectivity index (χ0n) is 14.1. The highest BCUT2D eigenvalue weighted by Gasteiger charge is 2.20. The summed E-state index contributed by atoms with van der Waals surface area (Å²) in [4.78, 5) is 11.2. The Bertz CT molecular complexity index is 726. The lowest BCUT2D eigenvalue weighted by atomic mass is 10.0. The van der Waals surface area contributed by atoms with Gasteiger partial charge in [0.15, 0.2) is 20.0 Å². The number of hydrogen-bond acceptors (Lipinski definition) is 6. The van der Waals surface area contributed by atoms with Crippen LogP contribution in [0.25, 0.3) is 10.9 Å². The Balaban J connectivity index is 1.95. The van der Waals surface area contributed by atoms with Crippen LogP contribution in [-0.4, -0.2) is 43.4 Å². The van der Waals surface area contributed by atoms with Gasteiger partial charge < -0.3 is 14.4 Å². The first kappa shape index (κ1) is 16.9. The number of anilines is 1. The minimum atomic E-state index is 0.251. The number of nitrogens with zero attached hydrogens (tertiary/aromatic N) is 3. The number of methoxy groups -OCH3 is 2. The van der Waals surface area contributed by atoms with Gasteiger partial charge in [-0.3, -0.25) is 4.57 Å². The van der Waals surface area contributed by atoms with Crippen molar-refractivity contribution in [1.29, 1.82) is 0 Å². The second kappa shape index (κ2) is 7.75. The van der Waals surface area contributed by atoms with Crippen LogP contribution in [0, 0.1) is 5.92 Å². The Hall–Kier alpha value is -1.94. The molecule has 0 spiro atoms. The summed E-state index contributed by atoms with van der Waals surface area (Å²) < 4.78 is 21.7. The van der Waals surface area contributed by atoms with E-state index in [0.29, 0.717) is 17.4 Å². The van der Waals surface area contributed by atoms with Crippen molar-refractivity contribution in [3.8, 4) is 11.5 Å². The zero-order chi connectivity index (χ0) is 16.9. The van der Waals surface area contributed by atoms with Crippen molar-refractivity contribution in [3.05, 3.63) is 18.5 Å². The molecule has 2 aromatic rings. The summed E-state index contributed by atoms with van der Waals surface area (Å²) in [6, 6.07) is 3.83. The van der Waals surface area contributed by atoms with Crippen molar-refractivity contribution < 1.29 is 14.0 Å². The van der Waals surface area contributed by atoms with Crippen LogP contribution in [0.4, 0.5) is 5.82 Å². The topological polar surface area (TPSA) is 64.6 Å². The molecule has 1 aromatic heterocycles. The zero-order valence-corrected chi connectivity index (χ0v) is 15.0. The van der Waals surface area contributed by atoms with Gasteiger partial charge in [0.05, 0.1) is 19.7 Å². The van der Waals surface area contributed by atoms with Gasteiger partial charge in [0, 0.05) is 30.7 Å². The third-order valence-corrected chi connectivity index (χ3v) is 5.27. The summed E-state index contributed by atoms with van der Waals surface area (Å²) in [6.07, 6.45) is 5.59. The van der Waals surface area contributed by atoms with E-state index in [1.807, 2.05) is 12.1 Å². The molecule has 1 aliphatic rings. The van der Waals surface area contributed by atoms with Crippen molar-refractivity contribution in [2.24, 2.45) is 5.92 Å². The van der Waals surface area contributed by atoms with Crippen molar-refractivity contribution in [2.45, 2.75) is 19.3 Å². The Kier molecular flexibility index (Phi) is 5.46. The number of aromatic nitrogens is 2. The van der Waals surface area contributed by atoms with Crippen LogP contribution in [0.2, 0.25) is 0 Å². The maximum Gasteiger partial charge on any atom is 0.162 e. The first-order valence-corrected chi connectivity index (χ1v) is 9.17. The van der Waals surface area contributed by atoms with E-state index in [2.05, 4.69) is 14.9 Å². The lowest BCUT2D eigenvalue weighted by Crippen LogP contribution is -2.25. The summed E-state index contributed by atoms with van der Waals surface area (Å²) in [7, 11) is 3.50. The normalized spacial score (nSPS) is 18.6. The van der Waals surface area contributed by atoms with Crippen LogP contribution in [0.15, 0.2) is 18.5 Å². The molecule has 1 atom stereocenters. The lowest BCUT2D eigenvalue weighted by Gasteiger charge is -2.23. The molecule has 2 heterocycles. The van der Waals surface area contributed by atoms with Crippen molar-refractivity contribution in [3.63, 3.8) is 0 Å². The fourth-order valence-electron chi connectivity index (χ4n) is 3.29. The lowest BCUT2D eigenvalue weighted by molar-refractivity contribution is 0.356. The third kappa shape index (κ3) is 3.44. The Labute approximate surface area is 143 Å². The Morgan fingerprint density at radius 3 is 2.71 bits per heavy atom. The Morgan fingerprint density at radius 1 is 1.17 bits per heavy atom. The highest BCUT2D eigenvalue weighted by molar-refractivity contribution is 7.23. The number of rotatable bonds is 5. The molecule has 24 heavy (non-hydrogen) atoms. The standard InChI is InChI=1S/C17H22N3O3P/c1-22-15-8-13-14(9-16(15)23-2)18-11-19-17(13)20-6-3-4-12(5-7-20)10-24-21/h8-9,11-12H,3-7,10H2,1-2H3. The molecule has 0 saturated carbocycles. The second-order valence-corrected chi connectivity index (χ2v) is 6.64. The molecule has 3 rings (SSSR count). The number of benzene rings is 1. The maximum absolute atomic E-state index is 10.9. The van der Waals surface area contributed by atoms with Crippen molar-refractivity contribution in [1.82, 2.24) is 9.97 Å². The van der Waals surface area contributed by atoms with E-state index >= 15 is 0 Å². The van der Waals surface area contributed by atoms with Crippen LogP contribution < -0.4 is 14.4 Å². The number of ether oxygens (including phenoxy) is 2. The molecule has 1 fully saturated rings. The van der Waals surface area contributed by atoms with Gasteiger partial charge in [-0.05, 0) is 31.2 Å². The molecule has 1 unspecified atom stereocenters. The molecular weight excluding hydrogens is 325 g/mol. The van der Waals surface area contributed by atoms with E-state index in [9.17, 15) is 4.57 Å². The molecule has 0 radical (unpaired) electrons. The van der Waals surface area contributed by atoms with E-state index in [0.717, 1.165) is 55.2 Å². The smallest absolute Gasteiger partial charge is 0.162 e. The third-order valence-electron chi connectivity index (χ3n) is 4.60. The van der Waals surface area contributed by atoms with Gasteiger partial charge in [0.1, 0.15) is 12.1 Å². The monoisotopic (exact) mass is 347 g/mol. The summed E-state index contributed by atoms with van der Waals surface area (Å²) in [5.74, 6) is 2.80. The van der Waals surface area contributed by atoms with Gasteiger partial charge in [-0.15, -0.1) is 0 Å². The summed E-state index contributed by atoms with van der Waals surface area (Å²) in [6.45, 7) is 1.87. The molecule has 128 valence electrons. The van der Waals surface area contributed by atoms with Crippen LogP contribution >= 0.6 is 8.46 Å². The van der Waals surface area contributed by atoms with Gasteiger partial charge >= 0.3 is 0 Å². The van der Waals surface area contributed by atoms with Crippen LogP contribution in [0.1, 0.15) is 19.3 Å². The number of hydrogen-bond donors (Lipinski definition) is 0. The molecule has 6 nitrogen and oxygen atoms in total. The van der Waals surface area contributed by atoms with Gasteiger partial charge in [0.2, 0.25) is 0 Å². The van der Waals surface area contributed by atoms with Gasteiger partial charge in [0.25, 0.3) is 0 Å². The molecule has 1 saturated heterocycles. The maximum atomic E-state index is 10.9. The predicted molar refractivity (Wildman–Crippen MR) is 94.7 cm³/mol. The van der Waals surface area contributed by atoms with Crippen molar-refractivity contribution in [2.75, 3.05) is 38.4 Å². The molecule has 0 aliphatic carbocycles. The molecule has 1 aliphatic heterocycles. The average molecular weight is 347 g/mol. The Morgan fingerprint density at radius 2 is 1.96 bits per heavy atom. The fraction of sp³-hybridized carbons (Fsp3) is 0.529. The van der Waals surface area contributed by atoms with E-state index in [-0.39, 0.29) is 8.46 Å². The second-order valence-electron chi connectivity index (χ2n) is 6.02. The van der Waals surface area contributed by atoms with Crippen molar-refractivity contribution >= 4 is 25.2 Å². The average Bonchev–Trinajstić information content (AvgIpc) is 2.86. The first-order chi connectivity index (χ1) is 11.8. The quantitative estimate of drug-likeness (QED) is 0.771. The molecule has 0 N–H and O–H groups in total. The highest BCUT2D eigenvalue weighted by atomic mass is 31.1. The molecule has 7 heteroatoms. The summed E-state index contributed by atoms with van der Waals surface area (Å²) >= 11 is 0. The van der Waals surface area contributed by atoms with Crippen LogP contribution in [0.5, 0.6) is 11.5 Å². The van der Waals surface area contributed by atoms with Gasteiger partial charge in [-0.2, -0.15) is 0 Å². The minimum Gasteiger partial charge on any atom is -0.493 e. The van der Waals surface area contributed by atoms with E-state index in [1.54, 1.807) is 20.5 Å². The molecule has 0 bridgehead atoms. The fourth-order valence-corrected chi connectivity index (χ4v) is 3.86. The van der Waals surface area contributed by atoms with Gasteiger partial charge in [-0.1, -0.05) is 0 Å². The SMILES string of the molecule is COc1cc2ncnc(N3CCCC(CP=O)CC3)c2cc1OC.